The number of hydrogen-bond donors (Lipinski definition) is 2. The Labute approximate surface area is 307 Å². The van der Waals surface area contributed by atoms with Crippen molar-refractivity contribution in [1.82, 2.24) is 14.8 Å². The van der Waals surface area contributed by atoms with Gasteiger partial charge >= 0.3 is 12.1 Å². The van der Waals surface area contributed by atoms with E-state index >= 15 is 8.78 Å². The Morgan fingerprint density at radius 2 is 1.75 bits per heavy atom. The number of phenols is 1. The van der Waals surface area contributed by atoms with Gasteiger partial charge in [0.05, 0.1) is 24.6 Å². The highest BCUT2D eigenvalue weighted by Gasteiger charge is 2.37. The Morgan fingerprint density at radius 1 is 1.04 bits per heavy atom. The summed E-state index contributed by atoms with van der Waals surface area (Å²) in [6.45, 7) is 2.75. The van der Waals surface area contributed by atoms with E-state index in [1.165, 1.54) is 26.0 Å². The van der Waals surface area contributed by atoms with Gasteiger partial charge in [-0.25, -0.2) is 17.6 Å². The van der Waals surface area contributed by atoms with E-state index in [-0.39, 0.29) is 71.2 Å². The molecule has 2 heterocycles. The van der Waals surface area contributed by atoms with Gasteiger partial charge in [0.1, 0.15) is 35.4 Å². The van der Waals surface area contributed by atoms with Gasteiger partial charge < -0.3 is 15.2 Å². The third-order valence-electron chi connectivity index (χ3n) is 8.78. The Balaban J connectivity index is 1.65. The van der Waals surface area contributed by atoms with Crippen molar-refractivity contribution in [2.24, 2.45) is 0 Å². The molecule has 2 N–H and O–H groups in total. The third-order valence-corrected chi connectivity index (χ3v) is 9.27. The Bertz CT molecular complexity index is 2090. The molecule has 1 unspecified atom stereocenters. The van der Waals surface area contributed by atoms with Gasteiger partial charge in [0.25, 0.3) is 5.56 Å². The van der Waals surface area contributed by atoms with Crippen LogP contribution in [0.5, 0.6) is 5.75 Å². The van der Waals surface area contributed by atoms with Crippen molar-refractivity contribution < 1.29 is 50.2 Å². The predicted molar refractivity (Wildman–Crippen MR) is 183 cm³/mol. The number of alkyl halides is 4. The summed E-state index contributed by atoms with van der Waals surface area (Å²) < 4.78 is 108. The number of carbonyl (C=O) groups is 2. The number of rotatable bonds is 12. The number of ether oxygens (including phenoxy) is 1. The summed E-state index contributed by atoms with van der Waals surface area (Å²) in [4.78, 5) is 42.3. The minimum Gasteiger partial charge on any atom is -0.507 e. The molecule has 0 radical (unpaired) electrons. The fourth-order valence-electron chi connectivity index (χ4n) is 6.19. The number of phenolic OH excluding ortho intramolecular Hbond substituents is 1. The normalized spacial score (nSPS) is 14.8. The molecule has 282 valence electrons. The summed E-state index contributed by atoms with van der Waals surface area (Å²) in [7, 11) is 0. The minimum absolute atomic E-state index is 0.00714. The van der Waals surface area contributed by atoms with Crippen LogP contribution in [-0.2, 0) is 26.9 Å². The molecule has 3 aromatic carbocycles. The summed E-state index contributed by atoms with van der Waals surface area (Å²) in [5, 5.41) is 12.9. The van der Waals surface area contributed by atoms with Gasteiger partial charge in [-0.2, -0.15) is 13.2 Å². The lowest BCUT2D eigenvalue weighted by Gasteiger charge is -2.34. The highest BCUT2D eigenvalue weighted by Crippen LogP contribution is 2.36. The van der Waals surface area contributed by atoms with Gasteiger partial charge in [0, 0.05) is 53.1 Å². The topological polar surface area (TPSA) is 101 Å². The molecule has 2 atom stereocenters. The number of pyridine rings is 1. The molecular formula is C37H33BrF7N3O5. The van der Waals surface area contributed by atoms with Crippen LogP contribution in [0.15, 0.2) is 70.1 Å². The highest BCUT2D eigenvalue weighted by molar-refractivity contribution is 9.10. The number of nitrogens with zero attached hydrogens (tertiary/aromatic N) is 2. The second-order valence-electron chi connectivity index (χ2n) is 12.6. The minimum atomic E-state index is -4.99. The van der Waals surface area contributed by atoms with Crippen LogP contribution in [0.4, 0.5) is 30.7 Å². The van der Waals surface area contributed by atoms with Crippen LogP contribution in [0.1, 0.15) is 53.2 Å². The number of likely N-dealkylation sites (tertiary alicyclic amines) is 1. The highest BCUT2D eigenvalue weighted by atomic mass is 79.9. The average Bonchev–Trinajstić information content (AvgIpc) is 3.06. The summed E-state index contributed by atoms with van der Waals surface area (Å²) in [5.74, 6) is -5.16. The van der Waals surface area contributed by atoms with Crippen molar-refractivity contribution in [2.75, 3.05) is 26.2 Å². The van der Waals surface area contributed by atoms with Crippen molar-refractivity contribution in [1.29, 1.82) is 0 Å². The van der Waals surface area contributed by atoms with E-state index in [2.05, 4.69) is 21.2 Å². The fraction of sp³-hybridized carbons (Fsp3) is 0.324. The zero-order valence-corrected chi connectivity index (χ0v) is 29.8. The second kappa shape index (κ2) is 16.1. The zero-order valence-electron chi connectivity index (χ0n) is 28.2. The van der Waals surface area contributed by atoms with Gasteiger partial charge in [-0.05, 0) is 85.5 Å². The predicted octanol–water partition coefficient (Wildman–Crippen LogP) is 7.32. The second-order valence-corrected chi connectivity index (χ2v) is 13.5. The van der Waals surface area contributed by atoms with Crippen LogP contribution in [0.2, 0.25) is 0 Å². The van der Waals surface area contributed by atoms with Crippen LogP contribution in [0, 0.1) is 24.4 Å². The zero-order chi connectivity index (χ0) is 38.8. The molecule has 5 rings (SSSR count). The number of benzene rings is 3. The molecule has 1 aliphatic heterocycles. The van der Waals surface area contributed by atoms with E-state index in [0.717, 1.165) is 42.6 Å². The Morgan fingerprint density at radius 3 is 2.42 bits per heavy atom. The first kappa shape index (κ1) is 39.5. The lowest BCUT2D eigenvalue weighted by atomic mass is 9.93. The van der Waals surface area contributed by atoms with Crippen molar-refractivity contribution in [3.05, 3.63) is 121 Å². The number of carbonyl (C=O) groups excluding carboxylic acids is 2. The first-order valence-electron chi connectivity index (χ1n) is 16.3. The molecule has 1 saturated heterocycles. The van der Waals surface area contributed by atoms with Gasteiger partial charge in [-0.3, -0.25) is 23.9 Å². The molecule has 8 nitrogen and oxygen atoms in total. The molecule has 1 aliphatic rings. The summed E-state index contributed by atoms with van der Waals surface area (Å²) in [6, 6.07) is 5.59. The molecule has 1 amide bonds. The Hall–Kier alpha value is -4.70. The monoisotopic (exact) mass is 811 g/mol. The van der Waals surface area contributed by atoms with E-state index in [0.29, 0.717) is 4.57 Å². The molecular weight excluding hydrogens is 779 g/mol. The lowest BCUT2D eigenvalue weighted by molar-refractivity contribution is -0.144. The summed E-state index contributed by atoms with van der Waals surface area (Å²) in [6.07, 6.45) is -6.35. The fourth-order valence-corrected chi connectivity index (χ4v) is 6.57. The number of esters is 1. The van der Waals surface area contributed by atoms with Crippen LogP contribution in [-0.4, -0.2) is 58.9 Å². The SMILES string of the molecule is CCOC(=O)C[C@H](NC(=O)C(c1cc(Br)ccc1F)n1cc(CCN2CC(F)C2)c(C(F)(F)F)cc1=O)c1cc(-c2cc(F)ccc2O)cc(C)c1F. The molecule has 1 aromatic heterocycles. The van der Waals surface area contributed by atoms with Crippen molar-refractivity contribution in [3.8, 4) is 16.9 Å². The number of amides is 1. The summed E-state index contributed by atoms with van der Waals surface area (Å²) in [5.41, 5.74) is -3.84. The Kier molecular flexibility index (Phi) is 12.0. The van der Waals surface area contributed by atoms with E-state index in [1.807, 2.05) is 0 Å². The molecule has 53 heavy (non-hydrogen) atoms. The first-order chi connectivity index (χ1) is 25.0. The maximum atomic E-state index is 16.0. The van der Waals surface area contributed by atoms with Gasteiger partial charge in [0.2, 0.25) is 5.91 Å². The number of aryl methyl sites for hydroxylation is 1. The van der Waals surface area contributed by atoms with Gasteiger partial charge in [0.15, 0.2) is 0 Å². The van der Waals surface area contributed by atoms with Gasteiger partial charge in [-0.1, -0.05) is 15.9 Å². The molecule has 0 saturated carbocycles. The molecule has 1 fully saturated rings. The van der Waals surface area contributed by atoms with Crippen molar-refractivity contribution in [3.63, 3.8) is 0 Å². The molecule has 0 aliphatic carbocycles. The number of aromatic nitrogens is 1. The van der Waals surface area contributed by atoms with E-state index in [4.69, 9.17) is 4.74 Å². The molecule has 0 bridgehead atoms. The molecule has 0 spiro atoms. The quantitative estimate of drug-likeness (QED) is 0.115. The van der Waals surface area contributed by atoms with Crippen molar-refractivity contribution >= 4 is 27.8 Å². The molecule has 16 heteroatoms. The van der Waals surface area contributed by atoms with Gasteiger partial charge in [-0.15, -0.1) is 0 Å². The largest absolute Gasteiger partial charge is 0.507 e. The summed E-state index contributed by atoms with van der Waals surface area (Å²) >= 11 is 3.18. The third kappa shape index (κ3) is 9.10. The standard InChI is InChI=1S/C37H33BrF7N3O5/c1-3-53-33(51)15-30(27-11-21(10-19(2)34(27)42)25-13-23(39)5-7-31(25)49)46-36(52)35(26-12-22(38)4-6-29(26)41)48-16-20(8-9-47-17-24(40)18-47)28(14-32(48)50)37(43,44)45/h4-7,10-14,16,24,30,35,49H,3,8-9,15,17-18H2,1-2H3,(H,46,52)/t30-,35?/m0/s1. The van der Waals surface area contributed by atoms with E-state index < -0.39 is 82.4 Å². The number of halogens is 8. The maximum absolute atomic E-state index is 16.0. The first-order valence-corrected chi connectivity index (χ1v) is 17.1. The lowest BCUT2D eigenvalue weighted by Crippen LogP contribution is -2.49. The van der Waals surface area contributed by atoms with Crippen molar-refractivity contribution in [2.45, 2.75) is 51.1 Å². The van der Waals surface area contributed by atoms with Crippen LogP contribution in [0.25, 0.3) is 11.1 Å². The number of aromatic hydroxyl groups is 1. The molecule has 4 aromatic rings. The number of nitrogens with one attached hydrogen (secondary N) is 1. The smallest absolute Gasteiger partial charge is 0.416 e. The average molecular weight is 813 g/mol. The number of hydrogen-bond acceptors (Lipinski definition) is 6. The van der Waals surface area contributed by atoms with Crippen LogP contribution in [0.3, 0.4) is 0 Å². The van der Waals surface area contributed by atoms with E-state index in [1.54, 1.807) is 4.90 Å². The maximum Gasteiger partial charge on any atom is 0.416 e. The van der Waals surface area contributed by atoms with Crippen LogP contribution < -0.4 is 10.9 Å². The van der Waals surface area contributed by atoms with E-state index in [9.17, 15) is 41.4 Å². The van der Waals surface area contributed by atoms with Crippen LogP contribution >= 0.6 is 15.9 Å².